The minimum absolute atomic E-state index is 0.162. The van der Waals surface area contributed by atoms with E-state index < -0.39 is 0 Å². The van der Waals surface area contributed by atoms with E-state index in [1.54, 1.807) is 0 Å². The highest BCUT2D eigenvalue weighted by Crippen LogP contribution is 2.27. The third-order valence-electron chi connectivity index (χ3n) is 4.80. The third kappa shape index (κ3) is 4.75. The Bertz CT molecular complexity index is 706. The molecule has 2 amide bonds. The van der Waals surface area contributed by atoms with Gasteiger partial charge in [0.1, 0.15) is 0 Å². The van der Waals surface area contributed by atoms with Crippen molar-refractivity contribution in [1.29, 1.82) is 0 Å². The van der Waals surface area contributed by atoms with Crippen LogP contribution < -0.4 is 15.5 Å². The number of aryl methyl sites for hydroxylation is 1. The zero-order valence-corrected chi connectivity index (χ0v) is 14.9. The van der Waals surface area contributed by atoms with Gasteiger partial charge in [-0.1, -0.05) is 49.2 Å². The zero-order chi connectivity index (χ0) is 17.5. The van der Waals surface area contributed by atoms with Gasteiger partial charge in [-0.15, -0.1) is 0 Å². The third-order valence-corrected chi connectivity index (χ3v) is 4.80. The summed E-state index contributed by atoms with van der Waals surface area (Å²) in [5.74, 6) is 0. The zero-order valence-electron chi connectivity index (χ0n) is 14.9. The summed E-state index contributed by atoms with van der Waals surface area (Å²) in [4.78, 5) is 14.8. The molecule has 132 valence electrons. The van der Waals surface area contributed by atoms with Crippen LogP contribution in [0.2, 0.25) is 0 Å². The van der Waals surface area contributed by atoms with Crippen molar-refractivity contribution >= 4 is 17.4 Å². The van der Waals surface area contributed by atoms with Crippen molar-refractivity contribution in [3.63, 3.8) is 0 Å². The molecule has 1 aliphatic heterocycles. The predicted molar refractivity (Wildman–Crippen MR) is 104 cm³/mol. The molecule has 0 unspecified atom stereocenters. The van der Waals surface area contributed by atoms with E-state index in [0.29, 0.717) is 6.54 Å². The fraction of sp³-hybridized carbons (Fsp3) is 0.381. The Morgan fingerprint density at radius 3 is 2.40 bits per heavy atom. The van der Waals surface area contributed by atoms with Crippen molar-refractivity contribution in [2.45, 2.75) is 39.2 Å². The second-order valence-corrected chi connectivity index (χ2v) is 6.65. The van der Waals surface area contributed by atoms with Crippen LogP contribution in [0.5, 0.6) is 0 Å². The van der Waals surface area contributed by atoms with Gasteiger partial charge < -0.3 is 15.5 Å². The van der Waals surface area contributed by atoms with Crippen LogP contribution >= 0.6 is 0 Å². The van der Waals surface area contributed by atoms with Crippen LogP contribution in [0.1, 0.15) is 36.8 Å². The lowest BCUT2D eigenvalue weighted by Crippen LogP contribution is -2.30. The molecular weight excluding hydrogens is 310 g/mol. The second-order valence-electron chi connectivity index (χ2n) is 6.65. The molecule has 0 saturated carbocycles. The van der Waals surface area contributed by atoms with Gasteiger partial charge in [-0.2, -0.15) is 0 Å². The van der Waals surface area contributed by atoms with Gasteiger partial charge in [0, 0.05) is 19.6 Å². The summed E-state index contributed by atoms with van der Waals surface area (Å²) in [7, 11) is 0. The van der Waals surface area contributed by atoms with Crippen molar-refractivity contribution in [2.24, 2.45) is 0 Å². The normalized spacial score (nSPS) is 14.7. The lowest BCUT2D eigenvalue weighted by atomic mass is 10.1. The number of rotatable bonds is 4. The largest absolute Gasteiger partial charge is 0.370 e. The standard InChI is InChI=1S/C21H27N3O/c1-17-10-4-5-11-18(17)16-22-21(25)23-19-12-6-7-13-20(19)24-14-8-2-3-9-15-24/h4-7,10-13H,2-3,8-9,14-16H2,1H3,(H2,22,23,25). The number of carbonyl (C=O) groups excluding carboxylic acids is 1. The van der Waals surface area contributed by atoms with E-state index in [1.807, 2.05) is 36.4 Å². The van der Waals surface area contributed by atoms with Gasteiger partial charge in [-0.05, 0) is 43.0 Å². The van der Waals surface area contributed by atoms with Gasteiger partial charge in [0.25, 0.3) is 0 Å². The van der Waals surface area contributed by atoms with Crippen molar-refractivity contribution < 1.29 is 4.79 Å². The Kier molecular flexibility index (Phi) is 5.94. The summed E-state index contributed by atoms with van der Waals surface area (Å²) < 4.78 is 0. The van der Waals surface area contributed by atoms with Crippen LogP contribution in [-0.2, 0) is 6.54 Å². The maximum Gasteiger partial charge on any atom is 0.319 e. The molecule has 0 atom stereocenters. The molecule has 1 saturated heterocycles. The Labute approximate surface area is 150 Å². The Balaban J connectivity index is 1.64. The molecular formula is C21H27N3O. The van der Waals surface area contributed by atoms with E-state index in [0.717, 1.165) is 30.0 Å². The number of anilines is 2. The number of benzene rings is 2. The second kappa shape index (κ2) is 8.56. The highest BCUT2D eigenvalue weighted by molar-refractivity contribution is 5.93. The van der Waals surface area contributed by atoms with E-state index in [9.17, 15) is 4.79 Å². The molecule has 0 spiro atoms. The fourth-order valence-corrected chi connectivity index (χ4v) is 3.32. The average Bonchev–Trinajstić information content (AvgIpc) is 2.91. The van der Waals surface area contributed by atoms with E-state index in [2.05, 4.69) is 34.6 Å². The first-order valence-corrected chi connectivity index (χ1v) is 9.17. The van der Waals surface area contributed by atoms with Gasteiger partial charge in [-0.3, -0.25) is 0 Å². The molecule has 1 heterocycles. The van der Waals surface area contributed by atoms with E-state index >= 15 is 0 Å². The first kappa shape index (κ1) is 17.3. The summed E-state index contributed by atoms with van der Waals surface area (Å²) in [6.45, 7) is 4.71. The Hall–Kier alpha value is -2.49. The first-order chi connectivity index (χ1) is 12.2. The topological polar surface area (TPSA) is 44.4 Å². The summed E-state index contributed by atoms with van der Waals surface area (Å²) in [5.41, 5.74) is 4.33. The number of amides is 2. The molecule has 4 nitrogen and oxygen atoms in total. The SMILES string of the molecule is Cc1ccccc1CNC(=O)Nc1ccccc1N1CCCCCC1. The van der Waals surface area contributed by atoms with Gasteiger partial charge in [0.2, 0.25) is 0 Å². The van der Waals surface area contributed by atoms with Gasteiger partial charge in [0.15, 0.2) is 0 Å². The van der Waals surface area contributed by atoms with Gasteiger partial charge in [-0.25, -0.2) is 4.79 Å². The average molecular weight is 337 g/mol. The highest BCUT2D eigenvalue weighted by atomic mass is 16.2. The van der Waals surface area contributed by atoms with Gasteiger partial charge >= 0.3 is 6.03 Å². The summed E-state index contributed by atoms with van der Waals surface area (Å²) >= 11 is 0. The molecule has 0 radical (unpaired) electrons. The molecule has 1 fully saturated rings. The fourth-order valence-electron chi connectivity index (χ4n) is 3.32. The molecule has 2 N–H and O–H groups in total. The highest BCUT2D eigenvalue weighted by Gasteiger charge is 2.14. The van der Waals surface area contributed by atoms with E-state index in [1.165, 1.54) is 31.2 Å². The maximum absolute atomic E-state index is 12.4. The van der Waals surface area contributed by atoms with Crippen molar-refractivity contribution in [2.75, 3.05) is 23.3 Å². The minimum atomic E-state index is -0.162. The van der Waals surface area contributed by atoms with Crippen LogP contribution in [0.4, 0.5) is 16.2 Å². The molecule has 0 aromatic heterocycles. The lowest BCUT2D eigenvalue weighted by molar-refractivity contribution is 0.251. The van der Waals surface area contributed by atoms with Crippen molar-refractivity contribution in [3.05, 3.63) is 59.7 Å². The maximum atomic E-state index is 12.4. The Morgan fingerprint density at radius 2 is 1.64 bits per heavy atom. The first-order valence-electron chi connectivity index (χ1n) is 9.17. The molecule has 0 aliphatic carbocycles. The number of hydrogen-bond acceptors (Lipinski definition) is 2. The number of para-hydroxylation sites is 2. The number of carbonyl (C=O) groups is 1. The van der Waals surface area contributed by atoms with Gasteiger partial charge in [0.05, 0.1) is 11.4 Å². The molecule has 2 aromatic rings. The molecule has 0 bridgehead atoms. The molecule has 25 heavy (non-hydrogen) atoms. The molecule has 3 rings (SSSR count). The van der Waals surface area contributed by atoms with Crippen molar-refractivity contribution in [3.8, 4) is 0 Å². The number of nitrogens with zero attached hydrogens (tertiary/aromatic N) is 1. The van der Waals surface area contributed by atoms with Crippen LogP contribution in [0.15, 0.2) is 48.5 Å². The van der Waals surface area contributed by atoms with Crippen LogP contribution in [0.3, 0.4) is 0 Å². The van der Waals surface area contributed by atoms with Crippen LogP contribution in [0.25, 0.3) is 0 Å². The molecule has 4 heteroatoms. The van der Waals surface area contributed by atoms with E-state index in [4.69, 9.17) is 0 Å². The van der Waals surface area contributed by atoms with Crippen molar-refractivity contribution in [1.82, 2.24) is 5.32 Å². The van der Waals surface area contributed by atoms with Crippen LogP contribution in [0, 0.1) is 6.92 Å². The molecule has 1 aliphatic rings. The number of nitrogens with one attached hydrogen (secondary N) is 2. The minimum Gasteiger partial charge on any atom is -0.370 e. The quantitative estimate of drug-likeness (QED) is 0.849. The molecule has 2 aromatic carbocycles. The Morgan fingerprint density at radius 1 is 0.960 bits per heavy atom. The lowest BCUT2D eigenvalue weighted by Gasteiger charge is -2.25. The number of hydrogen-bond donors (Lipinski definition) is 2. The van der Waals surface area contributed by atoms with Crippen LogP contribution in [-0.4, -0.2) is 19.1 Å². The summed E-state index contributed by atoms with van der Waals surface area (Å²) in [6, 6.07) is 16.0. The monoisotopic (exact) mass is 337 g/mol. The predicted octanol–water partition coefficient (Wildman–Crippen LogP) is 4.70. The summed E-state index contributed by atoms with van der Waals surface area (Å²) in [6.07, 6.45) is 5.02. The summed E-state index contributed by atoms with van der Waals surface area (Å²) in [5, 5.41) is 5.99. The smallest absolute Gasteiger partial charge is 0.319 e. The number of urea groups is 1. The van der Waals surface area contributed by atoms with E-state index in [-0.39, 0.29) is 6.03 Å².